The number of hydrogen-bond donors (Lipinski definition) is 4. The van der Waals surface area contributed by atoms with Crippen molar-refractivity contribution in [3.05, 3.63) is 84.4 Å². The number of anilines is 2. The van der Waals surface area contributed by atoms with Crippen LogP contribution in [0.4, 0.5) is 16.2 Å². The second-order valence-electron chi connectivity index (χ2n) is 6.93. The van der Waals surface area contributed by atoms with Gasteiger partial charge in [0.05, 0.1) is 0 Å². The van der Waals surface area contributed by atoms with Gasteiger partial charge in [-0.2, -0.15) is 0 Å². The fourth-order valence-electron chi connectivity index (χ4n) is 2.84. The first-order valence-electron chi connectivity index (χ1n) is 10.3. The molecule has 0 aliphatic heterocycles. The van der Waals surface area contributed by atoms with E-state index >= 15 is 0 Å². The van der Waals surface area contributed by atoms with Gasteiger partial charge in [0.25, 0.3) is 0 Å². The molecule has 0 radical (unpaired) electrons. The highest BCUT2D eigenvalue weighted by Crippen LogP contribution is 2.24. The Labute approximate surface area is 178 Å². The molecule has 30 heavy (non-hydrogen) atoms. The Morgan fingerprint density at radius 3 is 1.83 bits per heavy atom. The zero-order valence-electron chi connectivity index (χ0n) is 17.3. The van der Waals surface area contributed by atoms with Crippen molar-refractivity contribution in [2.75, 3.05) is 10.6 Å². The van der Waals surface area contributed by atoms with E-state index < -0.39 is 0 Å². The molecule has 0 saturated heterocycles. The fourth-order valence-corrected chi connectivity index (χ4v) is 2.84. The van der Waals surface area contributed by atoms with Crippen molar-refractivity contribution >= 4 is 17.4 Å². The van der Waals surface area contributed by atoms with Gasteiger partial charge in [0.1, 0.15) is 11.5 Å². The molecule has 158 valence electrons. The number of para-hydroxylation sites is 2. The average molecular weight is 407 g/mol. The summed E-state index contributed by atoms with van der Waals surface area (Å²) in [6, 6.07) is 23.2. The minimum absolute atomic E-state index is 0.125. The molecule has 0 saturated carbocycles. The van der Waals surface area contributed by atoms with Crippen molar-refractivity contribution in [1.82, 2.24) is 0 Å². The lowest BCUT2D eigenvalue weighted by molar-refractivity contribution is 0.262. The third kappa shape index (κ3) is 8.69. The van der Waals surface area contributed by atoms with Gasteiger partial charge in [-0.05, 0) is 48.7 Å². The van der Waals surface area contributed by atoms with E-state index in [0.717, 1.165) is 29.8 Å². The second kappa shape index (κ2) is 12.9. The van der Waals surface area contributed by atoms with Crippen molar-refractivity contribution in [1.29, 1.82) is 0 Å². The smallest absolute Gasteiger partial charge is 0.323 e. The van der Waals surface area contributed by atoms with Gasteiger partial charge in [0.2, 0.25) is 0 Å². The summed E-state index contributed by atoms with van der Waals surface area (Å²) >= 11 is 0. The third-order valence-electron chi connectivity index (χ3n) is 4.43. The molecule has 5 heteroatoms. The summed E-state index contributed by atoms with van der Waals surface area (Å²) in [5.74, 6) is 0.335. The van der Waals surface area contributed by atoms with Gasteiger partial charge in [0.15, 0.2) is 0 Å². The molecule has 0 bridgehead atoms. The zero-order valence-corrected chi connectivity index (χ0v) is 17.3. The first-order valence-corrected chi connectivity index (χ1v) is 10.3. The van der Waals surface area contributed by atoms with Crippen molar-refractivity contribution in [3.63, 3.8) is 0 Å². The van der Waals surface area contributed by atoms with Crippen LogP contribution in [0, 0.1) is 0 Å². The number of carbonyl (C=O) groups excluding carboxylic acids is 1. The van der Waals surface area contributed by atoms with Gasteiger partial charge < -0.3 is 20.8 Å². The zero-order chi connectivity index (χ0) is 21.6. The van der Waals surface area contributed by atoms with Gasteiger partial charge in [-0.25, -0.2) is 4.79 Å². The van der Waals surface area contributed by atoms with Crippen LogP contribution in [-0.2, 0) is 6.42 Å². The third-order valence-corrected chi connectivity index (χ3v) is 4.43. The maximum absolute atomic E-state index is 11.6. The van der Waals surface area contributed by atoms with Crippen LogP contribution in [0.2, 0.25) is 0 Å². The van der Waals surface area contributed by atoms with Crippen LogP contribution in [0.25, 0.3) is 0 Å². The van der Waals surface area contributed by atoms with Crippen LogP contribution in [0.3, 0.4) is 0 Å². The van der Waals surface area contributed by atoms with Crippen LogP contribution < -0.4 is 10.6 Å². The predicted molar refractivity (Wildman–Crippen MR) is 123 cm³/mol. The van der Waals surface area contributed by atoms with E-state index in [0.29, 0.717) is 0 Å². The van der Waals surface area contributed by atoms with Gasteiger partial charge >= 0.3 is 6.03 Å². The fraction of sp³-hybridized carbons (Fsp3) is 0.240. The summed E-state index contributed by atoms with van der Waals surface area (Å²) < 4.78 is 0. The van der Waals surface area contributed by atoms with Gasteiger partial charge in [0, 0.05) is 17.4 Å². The number of unbranched alkanes of at least 4 members (excludes halogenated alkanes) is 3. The lowest BCUT2D eigenvalue weighted by atomic mass is 10.1. The Bertz CT molecular complexity index is 840. The molecule has 3 rings (SSSR count). The Hall–Kier alpha value is -3.47. The van der Waals surface area contributed by atoms with Crippen LogP contribution in [0.15, 0.2) is 78.9 Å². The molecule has 0 fully saturated rings. The number of benzene rings is 3. The van der Waals surface area contributed by atoms with Crippen LogP contribution in [-0.4, -0.2) is 16.2 Å². The number of carbonyl (C=O) groups is 1. The van der Waals surface area contributed by atoms with E-state index in [9.17, 15) is 9.90 Å². The lowest BCUT2D eigenvalue weighted by Crippen LogP contribution is -2.19. The quantitative estimate of drug-likeness (QED) is 0.336. The van der Waals surface area contributed by atoms with Gasteiger partial charge in [-0.15, -0.1) is 0 Å². The lowest BCUT2D eigenvalue weighted by Gasteiger charge is -2.06. The highest BCUT2D eigenvalue weighted by molar-refractivity contribution is 5.99. The number of urea groups is 1. The van der Waals surface area contributed by atoms with Crippen molar-refractivity contribution in [2.24, 2.45) is 0 Å². The number of phenols is 2. The molecule has 3 aromatic rings. The molecule has 0 aliphatic carbocycles. The molecule has 4 N–H and O–H groups in total. The predicted octanol–water partition coefficient (Wildman–Crippen LogP) is 6.55. The number of aromatic hydroxyl groups is 2. The summed E-state index contributed by atoms with van der Waals surface area (Å²) in [6.07, 6.45) is 5.68. The molecule has 0 spiro atoms. The van der Waals surface area contributed by atoms with E-state index in [2.05, 4.69) is 17.6 Å². The summed E-state index contributed by atoms with van der Waals surface area (Å²) in [4.78, 5) is 11.6. The van der Waals surface area contributed by atoms with Crippen molar-refractivity contribution in [2.45, 2.75) is 39.0 Å². The average Bonchev–Trinajstić information content (AvgIpc) is 2.74. The standard InChI is InChI=1S/C13H12N2O.C12H18O2/c16-13(14-11-7-3-1-4-8-11)15-12-9-5-2-6-10-12;1-2-3-4-5-6-10-7-8-11(13)9-12(10)14/h1-10H,(H2,14,15,16);7-9,13-14H,2-6H2,1H3. The van der Waals surface area contributed by atoms with Crippen LogP contribution in [0.5, 0.6) is 11.5 Å². The largest absolute Gasteiger partial charge is 0.508 e. The summed E-state index contributed by atoms with van der Waals surface area (Å²) in [5.41, 5.74) is 2.48. The van der Waals surface area contributed by atoms with Crippen molar-refractivity contribution in [3.8, 4) is 11.5 Å². The number of aryl methyl sites for hydroxylation is 1. The molecular weight excluding hydrogens is 376 g/mol. The molecule has 2 amide bonds. The minimum Gasteiger partial charge on any atom is -0.508 e. The Morgan fingerprint density at radius 2 is 1.33 bits per heavy atom. The Kier molecular flexibility index (Phi) is 9.80. The molecular formula is C25H30N2O3. The van der Waals surface area contributed by atoms with Gasteiger partial charge in [-0.1, -0.05) is 68.7 Å². The van der Waals surface area contributed by atoms with Gasteiger partial charge in [-0.3, -0.25) is 0 Å². The normalized spacial score (nSPS) is 9.90. The maximum atomic E-state index is 11.6. The number of nitrogens with one attached hydrogen (secondary N) is 2. The molecule has 5 nitrogen and oxygen atoms in total. The summed E-state index contributed by atoms with van der Waals surface area (Å²) in [6.45, 7) is 2.18. The summed E-state index contributed by atoms with van der Waals surface area (Å²) in [5, 5.41) is 24.1. The molecule has 0 heterocycles. The second-order valence-corrected chi connectivity index (χ2v) is 6.93. The van der Waals surface area contributed by atoms with E-state index in [1.165, 1.54) is 25.3 Å². The first-order chi connectivity index (χ1) is 14.6. The Morgan fingerprint density at radius 1 is 0.767 bits per heavy atom. The first kappa shape index (κ1) is 22.8. The van der Waals surface area contributed by atoms with Crippen LogP contribution in [0.1, 0.15) is 38.2 Å². The van der Waals surface area contributed by atoms with E-state index in [-0.39, 0.29) is 17.5 Å². The molecule has 0 unspecified atom stereocenters. The topological polar surface area (TPSA) is 81.6 Å². The Balaban J connectivity index is 0.000000216. The molecule has 0 aromatic heterocycles. The highest BCUT2D eigenvalue weighted by atomic mass is 16.3. The van der Waals surface area contributed by atoms with Crippen LogP contribution >= 0.6 is 0 Å². The summed E-state index contributed by atoms with van der Waals surface area (Å²) in [7, 11) is 0. The number of amides is 2. The number of rotatable bonds is 7. The van der Waals surface area contributed by atoms with Crippen molar-refractivity contribution < 1.29 is 15.0 Å². The molecule has 3 aromatic carbocycles. The van der Waals surface area contributed by atoms with E-state index in [1.807, 2.05) is 60.7 Å². The van der Waals surface area contributed by atoms with E-state index in [4.69, 9.17) is 5.11 Å². The number of phenolic OH excluding ortho intramolecular Hbond substituents is 2. The molecule has 0 aliphatic rings. The maximum Gasteiger partial charge on any atom is 0.323 e. The number of hydrogen-bond acceptors (Lipinski definition) is 3. The monoisotopic (exact) mass is 406 g/mol. The SMILES string of the molecule is CCCCCCc1ccc(O)cc1O.O=C(Nc1ccccc1)Nc1ccccc1. The molecule has 0 atom stereocenters. The minimum atomic E-state index is -0.239. The van der Waals surface area contributed by atoms with E-state index in [1.54, 1.807) is 12.1 Å². The highest BCUT2D eigenvalue weighted by Gasteiger charge is 2.02.